The Kier molecular flexibility index (Phi) is 8.63. The Labute approximate surface area is 179 Å². The number of ether oxygens (including phenoxy) is 1. The van der Waals surface area contributed by atoms with Crippen LogP contribution in [0.2, 0.25) is 0 Å². The molecule has 1 unspecified atom stereocenters. The topological polar surface area (TPSA) is 87.7 Å². The van der Waals surface area contributed by atoms with Gasteiger partial charge in [0.25, 0.3) is 0 Å². The first-order valence-corrected chi connectivity index (χ1v) is 9.99. The first-order chi connectivity index (χ1) is 13.7. The first kappa shape index (κ1) is 25.2. The minimum Gasteiger partial charge on any atom is -0.444 e. The molecule has 7 nitrogen and oxygen atoms in total. The van der Waals surface area contributed by atoms with E-state index in [0.29, 0.717) is 5.56 Å². The lowest BCUT2D eigenvalue weighted by Gasteiger charge is -2.33. The summed E-state index contributed by atoms with van der Waals surface area (Å²) < 4.78 is 5.18. The summed E-state index contributed by atoms with van der Waals surface area (Å²) in [6.07, 6.45) is 0.860. The highest BCUT2D eigenvalue weighted by Crippen LogP contribution is 2.23. The molecule has 0 fully saturated rings. The van der Waals surface area contributed by atoms with E-state index >= 15 is 0 Å². The molecule has 1 atom stereocenters. The van der Waals surface area contributed by atoms with Gasteiger partial charge >= 0.3 is 6.09 Å². The van der Waals surface area contributed by atoms with Crippen LogP contribution in [0.5, 0.6) is 0 Å². The Morgan fingerprint density at radius 2 is 1.80 bits per heavy atom. The molecule has 0 heterocycles. The number of carbonyl (C=O) groups excluding carboxylic acids is 3. The number of amides is 3. The number of benzene rings is 1. The van der Waals surface area contributed by atoms with Crippen molar-refractivity contribution in [2.45, 2.75) is 65.6 Å². The minimum absolute atomic E-state index is 0.144. The molecule has 0 aromatic heterocycles. The fourth-order valence-electron chi connectivity index (χ4n) is 2.80. The average Bonchev–Trinajstić information content (AvgIpc) is 2.56. The van der Waals surface area contributed by atoms with Gasteiger partial charge in [-0.1, -0.05) is 35.9 Å². The molecule has 7 heteroatoms. The number of aryl methyl sites for hydroxylation is 1. The summed E-state index contributed by atoms with van der Waals surface area (Å²) in [5.74, 6) is -0.725. The second-order valence-electron chi connectivity index (χ2n) is 9.25. The van der Waals surface area contributed by atoms with Gasteiger partial charge in [-0.15, -0.1) is 6.58 Å². The van der Waals surface area contributed by atoms with E-state index in [1.165, 1.54) is 4.90 Å². The Morgan fingerprint density at radius 1 is 1.17 bits per heavy atom. The smallest absolute Gasteiger partial charge is 0.408 e. The van der Waals surface area contributed by atoms with Crippen molar-refractivity contribution in [3.8, 4) is 0 Å². The Morgan fingerprint density at radius 3 is 2.30 bits per heavy atom. The number of carbonyl (C=O) groups is 3. The van der Waals surface area contributed by atoms with Gasteiger partial charge in [-0.2, -0.15) is 0 Å². The Balaban J connectivity index is 3.17. The molecular formula is C23H35N3O4. The number of rotatable bonds is 7. The zero-order valence-corrected chi connectivity index (χ0v) is 19.2. The molecule has 0 spiro atoms. The zero-order chi connectivity index (χ0) is 23.1. The third kappa shape index (κ3) is 8.68. The van der Waals surface area contributed by atoms with Gasteiger partial charge in [0.1, 0.15) is 18.2 Å². The van der Waals surface area contributed by atoms with Crippen LogP contribution in [0, 0.1) is 6.92 Å². The highest BCUT2D eigenvalue weighted by atomic mass is 16.6. The van der Waals surface area contributed by atoms with Crippen LogP contribution < -0.4 is 10.6 Å². The van der Waals surface area contributed by atoms with Gasteiger partial charge in [-0.05, 0) is 54.0 Å². The molecule has 1 aromatic rings. The lowest BCUT2D eigenvalue weighted by molar-refractivity contribution is -0.140. The van der Waals surface area contributed by atoms with Crippen molar-refractivity contribution < 1.29 is 19.1 Å². The Bertz CT molecular complexity index is 775. The Hall–Kier alpha value is -2.83. The lowest BCUT2D eigenvalue weighted by atomic mass is 10.00. The van der Waals surface area contributed by atoms with Crippen LogP contribution in [0.25, 0.3) is 0 Å². The summed E-state index contributed by atoms with van der Waals surface area (Å²) in [7, 11) is 0. The number of alkyl carbamates (subject to hydrolysis) is 1. The highest BCUT2D eigenvalue weighted by Gasteiger charge is 2.33. The summed E-state index contributed by atoms with van der Waals surface area (Å²) >= 11 is 0. The van der Waals surface area contributed by atoms with E-state index in [1.807, 2.05) is 52.0 Å². The first-order valence-electron chi connectivity index (χ1n) is 9.99. The zero-order valence-electron chi connectivity index (χ0n) is 19.2. The molecule has 3 amide bonds. The van der Waals surface area contributed by atoms with Gasteiger partial charge in [0.2, 0.25) is 11.8 Å². The highest BCUT2D eigenvalue weighted by molar-refractivity contribution is 5.90. The van der Waals surface area contributed by atoms with E-state index in [2.05, 4.69) is 17.2 Å². The van der Waals surface area contributed by atoms with Crippen LogP contribution in [0.1, 0.15) is 58.7 Å². The molecule has 1 aromatic carbocycles. The fraction of sp³-hybridized carbons (Fsp3) is 0.522. The number of hydrogen-bond acceptors (Lipinski definition) is 4. The maximum absolute atomic E-state index is 13.2. The number of hydrogen-bond donors (Lipinski definition) is 2. The quantitative estimate of drug-likeness (QED) is 0.665. The molecule has 0 aliphatic heterocycles. The van der Waals surface area contributed by atoms with Gasteiger partial charge in [0, 0.05) is 12.1 Å². The molecule has 1 rings (SSSR count). The normalized spacial score (nSPS) is 12.5. The molecule has 0 saturated heterocycles. The van der Waals surface area contributed by atoms with Crippen LogP contribution in [-0.2, 0) is 14.3 Å². The van der Waals surface area contributed by atoms with Gasteiger partial charge in [-0.25, -0.2) is 4.79 Å². The fourth-order valence-corrected chi connectivity index (χ4v) is 2.80. The van der Waals surface area contributed by atoms with Crippen molar-refractivity contribution in [2.75, 3.05) is 13.1 Å². The van der Waals surface area contributed by atoms with Gasteiger partial charge < -0.3 is 20.3 Å². The molecule has 0 aliphatic carbocycles. The van der Waals surface area contributed by atoms with Crippen molar-refractivity contribution in [1.29, 1.82) is 0 Å². The van der Waals surface area contributed by atoms with Gasteiger partial charge in [0.15, 0.2) is 0 Å². The van der Waals surface area contributed by atoms with Crippen LogP contribution in [-0.4, -0.2) is 47.0 Å². The van der Waals surface area contributed by atoms with E-state index in [-0.39, 0.29) is 19.0 Å². The van der Waals surface area contributed by atoms with Gasteiger partial charge in [-0.3, -0.25) is 9.59 Å². The summed E-state index contributed by atoms with van der Waals surface area (Å²) in [4.78, 5) is 39.5. The average molecular weight is 418 g/mol. The molecule has 30 heavy (non-hydrogen) atoms. The molecule has 0 aliphatic rings. The second-order valence-corrected chi connectivity index (χ2v) is 9.25. The number of nitrogens with one attached hydrogen (secondary N) is 2. The van der Waals surface area contributed by atoms with Crippen molar-refractivity contribution in [3.05, 3.63) is 48.0 Å². The molecule has 2 N–H and O–H groups in total. The maximum atomic E-state index is 13.2. The van der Waals surface area contributed by atoms with Crippen molar-refractivity contribution in [2.24, 2.45) is 0 Å². The molecule has 166 valence electrons. The van der Waals surface area contributed by atoms with E-state index in [1.54, 1.807) is 26.8 Å². The third-order valence-electron chi connectivity index (χ3n) is 3.85. The predicted octanol–water partition coefficient (Wildman–Crippen LogP) is 3.49. The van der Waals surface area contributed by atoms with Crippen molar-refractivity contribution in [3.63, 3.8) is 0 Å². The third-order valence-corrected chi connectivity index (χ3v) is 3.85. The van der Waals surface area contributed by atoms with Crippen LogP contribution in [0.15, 0.2) is 36.9 Å². The lowest BCUT2D eigenvalue weighted by Crippen LogP contribution is -2.51. The van der Waals surface area contributed by atoms with Crippen LogP contribution >= 0.6 is 0 Å². The van der Waals surface area contributed by atoms with E-state index in [4.69, 9.17) is 4.74 Å². The van der Waals surface area contributed by atoms with Crippen LogP contribution in [0.4, 0.5) is 4.79 Å². The second kappa shape index (κ2) is 10.3. The summed E-state index contributed by atoms with van der Waals surface area (Å²) in [5, 5.41) is 5.41. The van der Waals surface area contributed by atoms with Crippen molar-refractivity contribution >= 4 is 17.9 Å². The largest absolute Gasteiger partial charge is 0.444 e. The monoisotopic (exact) mass is 417 g/mol. The maximum Gasteiger partial charge on any atom is 0.408 e. The predicted molar refractivity (Wildman–Crippen MR) is 118 cm³/mol. The SMILES string of the molecule is C=CCN(C(=O)CNC(=O)OC(C)(C)C)C(C(=O)NC(C)(C)C)c1cccc(C)c1. The van der Waals surface area contributed by atoms with Gasteiger partial charge in [0.05, 0.1) is 0 Å². The molecule has 0 radical (unpaired) electrons. The molecule has 0 bridgehead atoms. The van der Waals surface area contributed by atoms with E-state index in [9.17, 15) is 14.4 Å². The molecule has 0 saturated carbocycles. The summed E-state index contributed by atoms with van der Waals surface area (Å²) in [5.41, 5.74) is 0.504. The number of nitrogens with zero attached hydrogens (tertiary/aromatic N) is 1. The summed E-state index contributed by atoms with van der Waals surface area (Å²) in [6.45, 7) is 16.3. The minimum atomic E-state index is -0.866. The van der Waals surface area contributed by atoms with Crippen LogP contribution in [0.3, 0.4) is 0 Å². The summed E-state index contributed by atoms with van der Waals surface area (Å²) in [6, 6.07) is 6.58. The molecular weight excluding hydrogens is 382 g/mol. The van der Waals surface area contributed by atoms with E-state index in [0.717, 1.165) is 5.56 Å². The standard InChI is InChI=1S/C23H35N3O4/c1-9-13-26(18(27)15-24-21(29)30-23(6,7)8)19(20(28)25-22(3,4)5)17-12-10-11-16(2)14-17/h9-12,14,19H,1,13,15H2,2-8H3,(H,24,29)(H,25,28). The van der Waals surface area contributed by atoms with E-state index < -0.39 is 29.2 Å². The van der Waals surface area contributed by atoms with Crippen molar-refractivity contribution in [1.82, 2.24) is 15.5 Å².